The maximum absolute atomic E-state index is 11.7. The fourth-order valence-corrected chi connectivity index (χ4v) is 2.96. The first kappa shape index (κ1) is 20.6. The number of aromatic nitrogens is 1. The van der Waals surface area contributed by atoms with Gasteiger partial charge in [-0.25, -0.2) is 4.79 Å². The number of ether oxygens (including phenoxy) is 1. The van der Waals surface area contributed by atoms with E-state index in [1.165, 1.54) is 6.07 Å². The summed E-state index contributed by atoms with van der Waals surface area (Å²) in [5.74, 6) is -0.907. The van der Waals surface area contributed by atoms with Crippen molar-refractivity contribution < 1.29 is 19.6 Å². The van der Waals surface area contributed by atoms with Gasteiger partial charge in [0.2, 0.25) is 0 Å². The predicted octanol–water partition coefficient (Wildman–Crippen LogP) is 4.47. The Hall–Kier alpha value is -4.14. The van der Waals surface area contributed by atoms with Gasteiger partial charge in [0.25, 0.3) is 5.88 Å². The van der Waals surface area contributed by atoms with Crippen molar-refractivity contribution in [1.82, 2.24) is 4.98 Å². The van der Waals surface area contributed by atoms with E-state index in [-0.39, 0.29) is 18.1 Å². The third kappa shape index (κ3) is 4.82. The number of anilines is 2. The third-order valence-electron chi connectivity index (χ3n) is 4.23. The van der Waals surface area contributed by atoms with E-state index in [0.29, 0.717) is 0 Å². The van der Waals surface area contributed by atoms with Crippen LogP contribution in [0.5, 0.6) is 5.88 Å². The van der Waals surface area contributed by atoms with Crippen LogP contribution in [0, 0.1) is 10.1 Å². The van der Waals surface area contributed by atoms with Gasteiger partial charge in [0, 0.05) is 6.07 Å². The molecule has 0 radical (unpaired) electrons. The van der Waals surface area contributed by atoms with Crippen LogP contribution in [0.2, 0.25) is 0 Å². The number of rotatable bonds is 7. The first-order valence-corrected chi connectivity index (χ1v) is 9.18. The maximum Gasteiger partial charge on any atom is 0.412 e. The fraction of sp³-hybridized carbons (Fsp3) is 0.143. The number of carbonyl (C=O) groups is 1. The number of carbonyl (C=O) groups excluding carboxylic acids is 1. The number of pyridine rings is 1. The number of aromatic hydroxyl groups is 1. The summed E-state index contributed by atoms with van der Waals surface area (Å²) >= 11 is 0. The van der Waals surface area contributed by atoms with Crippen LogP contribution < -0.4 is 10.6 Å². The zero-order valence-corrected chi connectivity index (χ0v) is 16.1. The van der Waals surface area contributed by atoms with Crippen molar-refractivity contribution in [2.75, 3.05) is 17.2 Å². The SMILES string of the molecule is CCOC(=O)Nc1cc(NC(c2ccccc2)c2ccccc2)c([N+](=O)[O-])c(O)n1. The Kier molecular flexibility index (Phi) is 6.43. The molecule has 0 aliphatic carbocycles. The van der Waals surface area contributed by atoms with E-state index in [1.54, 1.807) is 6.92 Å². The summed E-state index contributed by atoms with van der Waals surface area (Å²) in [6.45, 7) is 1.78. The summed E-state index contributed by atoms with van der Waals surface area (Å²) in [7, 11) is 0. The molecule has 0 fully saturated rings. The number of nitrogens with zero attached hydrogens (tertiary/aromatic N) is 2. The molecule has 1 amide bonds. The molecular weight excluding hydrogens is 388 g/mol. The van der Waals surface area contributed by atoms with E-state index in [1.807, 2.05) is 60.7 Å². The molecule has 0 aliphatic heterocycles. The molecule has 0 aliphatic rings. The zero-order chi connectivity index (χ0) is 21.5. The van der Waals surface area contributed by atoms with Gasteiger partial charge in [0.1, 0.15) is 11.5 Å². The van der Waals surface area contributed by atoms with E-state index < -0.39 is 28.6 Å². The monoisotopic (exact) mass is 408 g/mol. The highest BCUT2D eigenvalue weighted by Crippen LogP contribution is 2.38. The van der Waals surface area contributed by atoms with Crippen LogP contribution in [0.25, 0.3) is 0 Å². The van der Waals surface area contributed by atoms with Gasteiger partial charge in [0.15, 0.2) is 0 Å². The lowest BCUT2D eigenvalue weighted by Gasteiger charge is -2.21. The normalized spacial score (nSPS) is 10.5. The topological polar surface area (TPSA) is 127 Å². The highest BCUT2D eigenvalue weighted by molar-refractivity contribution is 5.85. The third-order valence-corrected chi connectivity index (χ3v) is 4.23. The van der Waals surface area contributed by atoms with Crippen LogP contribution in [0.1, 0.15) is 24.1 Å². The van der Waals surface area contributed by atoms with E-state index in [4.69, 9.17) is 4.74 Å². The van der Waals surface area contributed by atoms with Crippen LogP contribution in [0.4, 0.5) is 22.0 Å². The molecule has 1 heterocycles. The van der Waals surface area contributed by atoms with Gasteiger partial charge in [-0.15, -0.1) is 0 Å². The van der Waals surface area contributed by atoms with E-state index >= 15 is 0 Å². The van der Waals surface area contributed by atoms with Crippen molar-refractivity contribution in [2.45, 2.75) is 13.0 Å². The standard InChI is InChI=1S/C21H20N4O5/c1-2-30-21(27)24-17-13-16(19(25(28)29)20(26)23-17)22-18(14-9-5-3-6-10-14)15-11-7-4-8-12-15/h3-13,18H,2H2,1H3,(H3,22,23,24,26,27). The second kappa shape index (κ2) is 9.37. The quantitative estimate of drug-likeness (QED) is 0.389. The molecule has 9 heteroatoms. The smallest absolute Gasteiger partial charge is 0.412 e. The summed E-state index contributed by atoms with van der Waals surface area (Å²) in [4.78, 5) is 26.3. The van der Waals surface area contributed by atoms with Crippen LogP contribution in [-0.4, -0.2) is 27.7 Å². The van der Waals surface area contributed by atoms with Crippen LogP contribution in [-0.2, 0) is 4.74 Å². The molecule has 0 bridgehead atoms. The fourth-order valence-electron chi connectivity index (χ4n) is 2.96. The number of hydrogen-bond donors (Lipinski definition) is 3. The lowest BCUT2D eigenvalue weighted by Crippen LogP contribution is -2.16. The Morgan fingerprint density at radius 1 is 1.13 bits per heavy atom. The molecule has 0 atom stereocenters. The minimum Gasteiger partial charge on any atom is -0.488 e. The highest BCUT2D eigenvalue weighted by atomic mass is 16.6. The molecule has 1 aromatic heterocycles. The summed E-state index contributed by atoms with van der Waals surface area (Å²) in [6, 6.07) is 19.5. The zero-order valence-electron chi connectivity index (χ0n) is 16.1. The Morgan fingerprint density at radius 2 is 1.70 bits per heavy atom. The van der Waals surface area contributed by atoms with Crippen molar-refractivity contribution in [1.29, 1.82) is 0 Å². The van der Waals surface area contributed by atoms with Crippen molar-refractivity contribution in [3.05, 3.63) is 88.0 Å². The Bertz CT molecular complexity index is 989. The Morgan fingerprint density at radius 3 is 2.20 bits per heavy atom. The molecule has 0 saturated heterocycles. The number of nitro groups is 1. The second-order valence-electron chi connectivity index (χ2n) is 6.23. The summed E-state index contributed by atoms with van der Waals surface area (Å²) in [5, 5.41) is 27.2. The van der Waals surface area contributed by atoms with Crippen LogP contribution in [0.15, 0.2) is 66.7 Å². The maximum atomic E-state index is 11.7. The number of amides is 1. The molecular formula is C21H20N4O5. The first-order valence-electron chi connectivity index (χ1n) is 9.18. The first-order chi connectivity index (χ1) is 14.5. The van der Waals surface area contributed by atoms with Gasteiger partial charge in [-0.2, -0.15) is 4.98 Å². The predicted molar refractivity (Wildman–Crippen MR) is 112 cm³/mol. The average molecular weight is 408 g/mol. The molecule has 9 nitrogen and oxygen atoms in total. The molecule has 3 N–H and O–H groups in total. The van der Waals surface area contributed by atoms with Crippen LogP contribution in [0.3, 0.4) is 0 Å². The van der Waals surface area contributed by atoms with Crippen LogP contribution >= 0.6 is 0 Å². The van der Waals surface area contributed by atoms with Gasteiger partial charge in [-0.1, -0.05) is 60.7 Å². The lowest BCUT2D eigenvalue weighted by molar-refractivity contribution is -0.385. The van der Waals surface area contributed by atoms with Gasteiger partial charge in [0.05, 0.1) is 17.6 Å². The molecule has 154 valence electrons. The molecule has 0 spiro atoms. The van der Waals surface area contributed by atoms with Crippen molar-refractivity contribution in [2.24, 2.45) is 0 Å². The average Bonchev–Trinajstić information content (AvgIpc) is 2.73. The Balaban J connectivity index is 2.05. The largest absolute Gasteiger partial charge is 0.488 e. The van der Waals surface area contributed by atoms with E-state index in [0.717, 1.165) is 11.1 Å². The van der Waals surface area contributed by atoms with Gasteiger partial charge >= 0.3 is 11.8 Å². The van der Waals surface area contributed by atoms with E-state index in [9.17, 15) is 20.0 Å². The molecule has 30 heavy (non-hydrogen) atoms. The van der Waals surface area contributed by atoms with Crippen molar-refractivity contribution in [3.8, 4) is 5.88 Å². The van der Waals surface area contributed by atoms with Gasteiger partial charge in [-0.3, -0.25) is 15.4 Å². The molecule has 2 aromatic carbocycles. The van der Waals surface area contributed by atoms with Gasteiger partial charge in [-0.05, 0) is 18.1 Å². The van der Waals surface area contributed by atoms with Gasteiger partial charge < -0.3 is 15.2 Å². The number of hydrogen-bond acceptors (Lipinski definition) is 7. The van der Waals surface area contributed by atoms with Crippen molar-refractivity contribution >= 4 is 23.3 Å². The lowest BCUT2D eigenvalue weighted by atomic mass is 9.98. The molecule has 0 saturated carbocycles. The summed E-state index contributed by atoms with van der Waals surface area (Å²) in [6.07, 6.45) is -0.785. The number of benzene rings is 2. The minimum atomic E-state index is -0.823. The van der Waals surface area contributed by atoms with E-state index in [2.05, 4.69) is 15.6 Å². The summed E-state index contributed by atoms with van der Waals surface area (Å²) < 4.78 is 4.80. The second-order valence-corrected chi connectivity index (χ2v) is 6.23. The summed E-state index contributed by atoms with van der Waals surface area (Å²) in [5.41, 5.74) is 1.11. The molecule has 0 unspecified atom stereocenters. The Labute approximate surface area is 172 Å². The van der Waals surface area contributed by atoms with Crippen molar-refractivity contribution in [3.63, 3.8) is 0 Å². The highest BCUT2D eigenvalue weighted by Gasteiger charge is 2.26. The minimum absolute atomic E-state index is 0.00277. The number of nitrogens with one attached hydrogen (secondary N) is 2. The molecule has 3 aromatic rings. The molecule has 3 rings (SSSR count).